The number of hydrogen-bond donors (Lipinski definition) is 0. The first kappa shape index (κ1) is 14.9. The molecule has 2 aromatic rings. The number of rotatable bonds is 4. The van der Waals surface area contributed by atoms with Gasteiger partial charge in [-0.15, -0.1) is 0 Å². The van der Waals surface area contributed by atoms with Crippen molar-refractivity contribution in [2.45, 2.75) is 32.4 Å². The van der Waals surface area contributed by atoms with Crippen LogP contribution in [0.15, 0.2) is 47.7 Å². The summed E-state index contributed by atoms with van der Waals surface area (Å²) in [5.41, 5.74) is 3.50. The molecule has 0 N–H and O–H groups in total. The summed E-state index contributed by atoms with van der Waals surface area (Å²) >= 11 is 0. The number of aromatic nitrogens is 2. The molecule has 0 saturated heterocycles. The van der Waals surface area contributed by atoms with E-state index >= 15 is 0 Å². The molecule has 2 heterocycles. The van der Waals surface area contributed by atoms with Crippen molar-refractivity contribution in [2.75, 3.05) is 7.11 Å². The number of aliphatic imine (C=N–C) groups is 1. The molecule has 0 radical (unpaired) electrons. The molecule has 1 aromatic carbocycles. The summed E-state index contributed by atoms with van der Waals surface area (Å²) in [5.74, 6) is -0.364. The first-order valence-corrected chi connectivity index (χ1v) is 7.94. The second-order valence-electron chi connectivity index (χ2n) is 6.02. The highest BCUT2D eigenvalue weighted by atomic mass is 16.5. The number of allylic oxidation sites excluding steroid dienone is 1. The van der Waals surface area contributed by atoms with E-state index in [0.29, 0.717) is 24.2 Å². The van der Waals surface area contributed by atoms with Gasteiger partial charge in [-0.3, -0.25) is 9.67 Å². The molecule has 3 rings (SSSR count). The van der Waals surface area contributed by atoms with E-state index in [1.165, 1.54) is 7.11 Å². The molecule has 5 heteroatoms. The van der Waals surface area contributed by atoms with Gasteiger partial charge in [0, 0.05) is 30.4 Å². The molecule has 0 spiro atoms. The predicted molar refractivity (Wildman–Crippen MR) is 94.2 cm³/mol. The smallest absolute Gasteiger partial charge is 0.337 e. The fraction of sp³-hybridized carbons (Fsp3) is 0.316. The number of carbonyl (C=O) groups is 1. The predicted octanol–water partition coefficient (Wildman–Crippen LogP) is 3.85. The second-order valence-corrected chi connectivity index (χ2v) is 6.02. The van der Waals surface area contributed by atoms with Gasteiger partial charge in [0.2, 0.25) is 0 Å². The number of hydrogen-bond acceptors (Lipinski definition) is 4. The quantitative estimate of drug-likeness (QED) is 0.803. The number of methoxy groups -OCH3 is 1. The Morgan fingerprint density at radius 2 is 2.12 bits per heavy atom. The fourth-order valence-corrected chi connectivity index (χ4v) is 2.61. The van der Waals surface area contributed by atoms with E-state index in [4.69, 9.17) is 6.11 Å². The summed E-state index contributed by atoms with van der Waals surface area (Å²) in [5, 5.41) is 4.38. The minimum atomic E-state index is -0.364. The molecular formula is C19H21N3O2. The Morgan fingerprint density at radius 1 is 1.38 bits per heavy atom. The Kier molecular flexibility index (Phi) is 4.23. The van der Waals surface area contributed by atoms with E-state index in [1.54, 1.807) is 12.1 Å². The number of ether oxygens (including phenoxy) is 1. The van der Waals surface area contributed by atoms with Gasteiger partial charge in [-0.25, -0.2) is 4.79 Å². The van der Waals surface area contributed by atoms with Gasteiger partial charge in [-0.1, -0.05) is 18.2 Å². The first-order chi connectivity index (χ1) is 12.0. The highest BCUT2D eigenvalue weighted by Crippen LogP contribution is 2.29. The monoisotopic (exact) mass is 324 g/mol. The molecule has 1 aliphatic heterocycles. The summed E-state index contributed by atoms with van der Waals surface area (Å²) in [4.78, 5) is 16.0. The number of nitrogens with zero attached hydrogens (tertiary/aromatic N) is 3. The number of esters is 1. The molecule has 1 atom stereocenters. The van der Waals surface area contributed by atoms with Crippen LogP contribution in [0.1, 0.15) is 55.2 Å². The first-order valence-electron chi connectivity index (χ1n) is 8.44. The van der Waals surface area contributed by atoms with Gasteiger partial charge in [0.1, 0.15) is 0 Å². The van der Waals surface area contributed by atoms with Crippen LogP contribution in [0.5, 0.6) is 0 Å². The van der Waals surface area contributed by atoms with Crippen LogP contribution in [0.4, 0.5) is 0 Å². The lowest BCUT2D eigenvalue weighted by atomic mass is 9.97. The molecule has 0 unspecified atom stereocenters. The van der Waals surface area contributed by atoms with Crippen molar-refractivity contribution in [3.8, 4) is 0 Å². The lowest BCUT2D eigenvalue weighted by Gasteiger charge is -2.15. The van der Waals surface area contributed by atoms with E-state index in [-0.39, 0.29) is 12.0 Å². The Labute approximate surface area is 143 Å². The Hall–Kier alpha value is -2.69. The van der Waals surface area contributed by atoms with Gasteiger partial charge in [0.25, 0.3) is 0 Å². The highest BCUT2D eigenvalue weighted by Gasteiger charge is 2.15. The van der Waals surface area contributed by atoms with Crippen molar-refractivity contribution in [1.82, 2.24) is 9.78 Å². The van der Waals surface area contributed by atoms with Crippen molar-refractivity contribution in [1.29, 1.82) is 0 Å². The number of dihydropyridines is 1. The van der Waals surface area contributed by atoms with E-state index in [9.17, 15) is 4.79 Å². The summed E-state index contributed by atoms with van der Waals surface area (Å²) in [7, 11) is 1.36. The molecule has 0 bridgehead atoms. The maximum Gasteiger partial charge on any atom is 0.337 e. The SMILES string of the molecule is [2H]C1=N[C@H](c2ccc(C(=O)OC)cc2)C=C(c2cnn(C(C)C)c2)C1. The van der Waals surface area contributed by atoms with Crippen molar-refractivity contribution >= 4 is 17.7 Å². The maximum atomic E-state index is 11.5. The summed E-state index contributed by atoms with van der Waals surface area (Å²) in [6.45, 7) is 4.16. The molecule has 0 fully saturated rings. The van der Waals surface area contributed by atoms with Crippen molar-refractivity contribution in [2.24, 2.45) is 4.99 Å². The molecular weight excluding hydrogens is 302 g/mol. The third-order valence-electron chi connectivity index (χ3n) is 4.03. The molecule has 124 valence electrons. The standard InChI is InChI=1S/C19H21N3O2/c1-13(2)22-12-17(11-21-22)16-8-9-20-18(10-16)14-4-6-15(7-5-14)19(23)24-3/h4-7,9-13,18H,8H2,1-3H3/t18-/m0/s1/i9D. The van der Waals surface area contributed by atoms with Gasteiger partial charge in [-0.05, 0) is 37.1 Å². The van der Waals surface area contributed by atoms with Crippen molar-refractivity contribution < 1.29 is 10.9 Å². The third kappa shape index (κ3) is 3.30. The van der Waals surface area contributed by atoms with Crippen LogP contribution in [0.25, 0.3) is 5.57 Å². The topological polar surface area (TPSA) is 56.5 Å². The van der Waals surface area contributed by atoms with Crippen LogP contribution in [-0.2, 0) is 4.74 Å². The fourth-order valence-electron chi connectivity index (χ4n) is 2.61. The Morgan fingerprint density at radius 3 is 2.75 bits per heavy atom. The highest BCUT2D eigenvalue weighted by molar-refractivity contribution is 5.89. The van der Waals surface area contributed by atoms with Gasteiger partial charge in [0.15, 0.2) is 0 Å². The molecule has 0 aliphatic carbocycles. The molecule has 1 aliphatic rings. The average molecular weight is 324 g/mol. The minimum absolute atomic E-state index is 0.231. The van der Waals surface area contributed by atoms with E-state index < -0.39 is 0 Å². The zero-order valence-corrected chi connectivity index (χ0v) is 14.1. The third-order valence-corrected chi connectivity index (χ3v) is 4.03. The van der Waals surface area contributed by atoms with Gasteiger partial charge >= 0.3 is 5.97 Å². The average Bonchev–Trinajstić information content (AvgIpc) is 3.11. The van der Waals surface area contributed by atoms with E-state index in [1.807, 2.05) is 29.2 Å². The minimum Gasteiger partial charge on any atom is -0.465 e. The van der Waals surface area contributed by atoms with Crippen LogP contribution >= 0.6 is 0 Å². The Balaban J connectivity index is 1.88. The van der Waals surface area contributed by atoms with E-state index in [2.05, 4.69) is 30.0 Å². The van der Waals surface area contributed by atoms with Crippen LogP contribution in [0.2, 0.25) is 0 Å². The molecule has 1 aromatic heterocycles. The molecule has 0 amide bonds. The van der Waals surface area contributed by atoms with Crippen LogP contribution in [-0.4, -0.2) is 29.1 Å². The van der Waals surface area contributed by atoms with Crippen LogP contribution in [0.3, 0.4) is 0 Å². The zero-order chi connectivity index (χ0) is 18.0. The normalized spacial score (nSPS) is 18.0. The van der Waals surface area contributed by atoms with Crippen molar-refractivity contribution in [3.05, 3.63) is 59.4 Å². The summed E-state index contributed by atoms with van der Waals surface area (Å²) < 4.78 is 14.7. The molecule has 5 nitrogen and oxygen atoms in total. The molecule has 0 saturated carbocycles. The summed E-state index contributed by atoms with van der Waals surface area (Å²) in [6, 6.07) is 7.21. The summed E-state index contributed by atoms with van der Waals surface area (Å²) in [6.07, 6.45) is 6.75. The lowest BCUT2D eigenvalue weighted by molar-refractivity contribution is 0.0600. The van der Waals surface area contributed by atoms with Crippen LogP contribution in [0, 0.1) is 0 Å². The maximum absolute atomic E-state index is 11.5. The van der Waals surface area contributed by atoms with Gasteiger partial charge in [-0.2, -0.15) is 5.10 Å². The zero-order valence-electron chi connectivity index (χ0n) is 15.1. The molecule has 24 heavy (non-hydrogen) atoms. The van der Waals surface area contributed by atoms with E-state index in [0.717, 1.165) is 16.7 Å². The lowest BCUT2D eigenvalue weighted by Crippen LogP contribution is -2.03. The van der Waals surface area contributed by atoms with Gasteiger partial charge < -0.3 is 4.74 Å². The number of benzene rings is 1. The van der Waals surface area contributed by atoms with Gasteiger partial charge in [0.05, 0.1) is 26.3 Å². The van der Waals surface area contributed by atoms with Crippen LogP contribution < -0.4 is 0 Å². The number of carbonyl (C=O) groups excluding carboxylic acids is 1. The Bertz CT molecular complexity index is 835. The van der Waals surface area contributed by atoms with Crippen molar-refractivity contribution in [3.63, 3.8) is 0 Å². The second kappa shape index (κ2) is 6.83. The largest absolute Gasteiger partial charge is 0.465 e.